The zero-order chi connectivity index (χ0) is 11.3. The molecule has 0 bridgehead atoms. The van der Waals surface area contributed by atoms with Gasteiger partial charge in [-0.05, 0) is 33.7 Å². The average molecular weight is 213 g/mol. The van der Waals surface area contributed by atoms with Crippen molar-refractivity contribution in [1.29, 1.82) is 0 Å². The fourth-order valence-corrected chi connectivity index (χ4v) is 2.05. The number of urea groups is 1. The summed E-state index contributed by atoms with van der Waals surface area (Å²) in [7, 11) is 1.99. The average Bonchev–Trinajstić information content (AvgIpc) is 2.30. The molecule has 1 N–H and O–H groups in total. The number of carbonyl (C=O) groups excluding carboxylic acids is 1. The largest absolute Gasteiger partial charge is 0.325 e. The predicted octanol–water partition coefficient (Wildman–Crippen LogP) is 1.13. The Bertz CT molecular complexity index is 196. The minimum atomic E-state index is 0.203. The molecule has 0 unspecified atom stereocenters. The van der Waals surface area contributed by atoms with Crippen LogP contribution in [0.3, 0.4) is 0 Å². The molecule has 0 aromatic rings. The Labute approximate surface area is 92.6 Å². The van der Waals surface area contributed by atoms with Crippen molar-refractivity contribution >= 4 is 6.03 Å². The third-order valence-electron chi connectivity index (χ3n) is 3.21. The van der Waals surface area contributed by atoms with E-state index in [-0.39, 0.29) is 6.03 Å². The van der Waals surface area contributed by atoms with E-state index < -0.39 is 0 Å². The Morgan fingerprint density at radius 1 is 1.33 bits per heavy atom. The lowest BCUT2D eigenvalue weighted by Crippen LogP contribution is -2.49. The van der Waals surface area contributed by atoms with Crippen molar-refractivity contribution in [2.45, 2.75) is 32.7 Å². The van der Waals surface area contributed by atoms with Gasteiger partial charge in [0, 0.05) is 32.2 Å². The van der Waals surface area contributed by atoms with Gasteiger partial charge in [-0.25, -0.2) is 4.79 Å². The fraction of sp³-hybridized carbons (Fsp3) is 0.909. The molecule has 4 heteroatoms. The maximum Gasteiger partial charge on any atom is 0.319 e. The van der Waals surface area contributed by atoms with Crippen molar-refractivity contribution in [2.24, 2.45) is 0 Å². The van der Waals surface area contributed by atoms with Gasteiger partial charge in [-0.3, -0.25) is 0 Å². The molecule has 1 aliphatic heterocycles. The van der Waals surface area contributed by atoms with Crippen LogP contribution in [0.5, 0.6) is 0 Å². The Hall–Kier alpha value is -0.770. The van der Waals surface area contributed by atoms with E-state index in [0.717, 1.165) is 39.0 Å². The van der Waals surface area contributed by atoms with Gasteiger partial charge in [0.2, 0.25) is 0 Å². The Kier molecular flexibility index (Phi) is 4.88. The van der Waals surface area contributed by atoms with Crippen molar-refractivity contribution in [1.82, 2.24) is 15.1 Å². The zero-order valence-electron chi connectivity index (χ0n) is 10.1. The highest BCUT2D eigenvalue weighted by atomic mass is 16.2. The van der Waals surface area contributed by atoms with Gasteiger partial charge in [0.1, 0.15) is 0 Å². The highest BCUT2D eigenvalue weighted by Gasteiger charge is 2.23. The number of amides is 2. The Morgan fingerprint density at radius 3 is 2.27 bits per heavy atom. The van der Waals surface area contributed by atoms with Crippen molar-refractivity contribution in [3.05, 3.63) is 0 Å². The van der Waals surface area contributed by atoms with Gasteiger partial charge in [-0.1, -0.05) is 0 Å². The first-order chi connectivity index (χ1) is 7.22. The Morgan fingerprint density at radius 2 is 1.87 bits per heavy atom. The molecule has 0 aromatic carbocycles. The number of likely N-dealkylation sites (tertiary alicyclic amines) is 1. The lowest BCUT2D eigenvalue weighted by Gasteiger charge is -2.35. The molecule has 0 aromatic heterocycles. The normalized spacial score (nSPS) is 17.9. The maximum atomic E-state index is 12.0. The molecular formula is C11H23N3O. The first kappa shape index (κ1) is 12.3. The number of hydrogen-bond acceptors (Lipinski definition) is 2. The number of rotatable bonds is 3. The predicted molar refractivity (Wildman–Crippen MR) is 62.0 cm³/mol. The first-order valence-electron chi connectivity index (χ1n) is 5.94. The highest BCUT2D eigenvalue weighted by Crippen LogP contribution is 2.11. The molecule has 15 heavy (non-hydrogen) atoms. The van der Waals surface area contributed by atoms with Gasteiger partial charge in [0.15, 0.2) is 0 Å². The van der Waals surface area contributed by atoms with Gasteiger partial charge in [-0.2, -0.15) is 0 Å². The third-order valence-corrected chi connectivity index (χ3v) is 3.21. The molecule has 1 saturated heterocycles. The summed E-state index contributed by atoms with van der Waals surface area (Å²) in [5.74, 6) is 0. The van der Waals surface area contributed by atoms with Crippen LogP contribution in [0.25, 0.3) is 0 Å². The first-order valence-corrected chi connectivity index (χ1v) is 5.94. The minimum Gasteiger partial charge on any atom is -0.325 e. The highest BCUT2D eigenvalue weighted by molar-refractivity contribution is 5.74. The minimum absolute atomic E-state index is 0.203. The quantitative estimate of drug-likeness (QED) is 0.763. The molecule has 0 aliphatic carbocycles. The summed E-state index contributed by atoms with van der Waals surface area (Å²) >= 11 is 0. The van der Waals surface area contributed by atoms with Crippen molar-refractivity contribution in [2.75, 3.05) is 33.2 Å². The van der Waals surface area contributed by atoms with Crippen LogP contribution in [-0.4, -0.2) is 55.1 Å². The van der Waals surface area contributed by atoms with Crippen LogP contribution < -0.4 is 5.32 Å². The second-order valence-electron chi connectivity index (χ2n) is 4.00. The van der Waals surface area contributed by atoms with Gasteiger partial charge >= 0.3 is 6.03 Å². The maximum absolute atomic E-state index is 12.0. The smallest absolute Gasteiger partial charge is 0.319 e. The summed E-state index contributed by atoms with van der Waals surface area (Å²) < 4.78 is 0. The van der Waals surface area contributed by atoms with E-state index in [4.69, 9.17) is 0 Å². The lowest BCUT2D eigenvalue weighted by atomic mass is 10.1. The second kappa shape index (κ2) is 5.95. The van der Waals surface area contributed by atoms with Crippen LogP contribution in [0.1, 0.15) is 26.7 Å². The summed E-state index contributed by atoms with van der Waals surface area (Å²) in [6.45, 7) is 7.45. The van der Waals surface area contributed by atoms with Crippen molar-refractivity contribution < 1.29 is 4.79 Å². The Balaban J connectivity index is 2.42. The summed E-state index contributed by atoms with van der Waals surface area (Å²) in [6.07, 6.45) is 2.15. The van der Waals surface area contributed by atoms with Gasteiger partial charge in [-0.15, -0.1) is 0 Å². The molecule has 1 aliphatic rings. The number of piperidine rings is 1. The standard InChI is InChI=1S/C11H23N3O/c1-4-13(5-2)11(15)14-8-6-10(12-3)7-9-14/h10,12H,4-9H2,1-3H3. The van der Waals surface area contributed by atoms with Crippen molar-refractivity contribution in [3.8, 4) is 0 Å². The summed E-state index contributed by atoms with van der Waals surface area (Å²) in [6, 6.07) is 0.792. The lowest BCUT2D eigenvalue weighted by molar-refractivity contribution is 0.141. The van der Waals surface area contributed by atoms with Crippen LogP contribution in [-0.2, 0) is 0 Å². The van der Waals surface area contributed by atoms with E-state index in [1.54, 1.807) is 0 Å². The van der Waals surface area contributed by atoms with Gasteiger partial charge in [0.25, 0.3) is 0 Å². The topological polar surface area (TPSA) is 35.6 Å². The van der Waals surface area contributed by atoms with Crippen LogP contribution >= 0.6 is 0 Å². The third kappa shape index (κ3) is 3.09. The monoisotopic (exact) mass is 213 g/mol. The van der Waals surface area contributed by atoms with Gasteiger partial charge in [0.05, 0.1) is 0 Å². The molecule has 1 fully saturated rings. The number of hydrogen-bond donors (Lipinski definition) is 1. The van der Waals surface area contributed by atoms with E-state index >= 15 is 0 Å². The molecule has 4 nitrogen and oxygen atoms in total. The van der Waals surface area contributed by atoms with Crippen LogP contribution in [0.2, 0.25) is 0 Å². The van der Waals surface area contributed by atoms with Gasteiger partial charge < -0.3 is 15.1 Å². The SMILES string of the molecule is CCN(CC)C(=O)N1CCC(NC)CC1. The molecule has 2 amide bonds. The summed E-state index contributed by atoms with van der Waals surface area (Å²) in [4.78, 5) is 15.8. The molecule has 1 heterocycles. The molecule has 1 rings (SSSR count). The van der Waals surface area contributed by atoms with E-state index in [0.29, 0.717) is 6.04 Å². The summed E-state index contributed by atoms with van der Waals surface area (Å²) in [5.41, 5.74) is 0. The van der Waals surface area contributed by atoms with Crippen LogP contribution in [0.15, 0.2) is 0 Å². The molecule has 0 spiro atoms. The second-order valence-corrected chi connectivity index (χ2v) is 4.00. The molecule has 0 radical (unpaired) electrons. The van der Waals surface area contributed by atoms with Crippen LogP contribution in [0, 0.1) is 0 Å². The number of nitrogens with zero attached hydrogens (tertiary/aromatic N) is 2. The molecule has 0 saturated carbocycles. The zero-order valence-corrected chi connectivity index (χ0v) is 10.1. The van der Waals surface area contributed by atoms with E-state index in [2.05, 4.69) is 5.32 Å². The van der Waals surface area contributed by atoms with Crippen LogP contribution in [0.4, 0.5) is 4.79 Å². The fourth-order valence-electron chi connectivity index (χ4n) is 2.05. The molecular weight excluding hydrogens is 190 g/mol. The van der Waals surface area contributed by atoms with E-state index in [1.807, 2.05) is 30.7 Å². The van der Waals surface area contributed by atoms with E-state index in [1.165, 1.54) is 0 Å². The number of nitrogens with one attached hydrogen (secondary N) is 1. The number of carbonyl (C=O) groups is 1. The molecule has 0 atom stereocenters. The van der Waals surface area contributed by atoms with Crippen molar-refractivity contribution in [3.63, 3.8) is 0 Å². The molecule has 88 valence electrons. The van der Waals surface area contributed by atoms with E-state index in [9.17, 15) is 4.79 Å². The summed E-state index contributed by atoms with van der Waals surface area (Å²) in [5, 5.41) is 3.27.